The van der Waals surface area contributed by atoms with E-state index in [9.17, 15) is 4.79 Å². The van der Waals surface area contributed by atoms with Crippen molar-refractivity contribution in [1.82, 2.24) is 16.2 Å². The fraction of sp³-hybridized carbons (Fsp3) is 0.200. The number of nitrogens with one attached hydrogen (secondary N) is 3. The summed E-state index contributed by atoms with van der Waals surface area (Å²) in [4.78, 5) is 14.0. The molecule has 0 spiro atoms. The molecule has 33 heavy (non-hydrogen) atoms. The second-order valence-electron chi connectivity index (χ2n) is 7.03. The van der Waals surface area contributed by atoms with Gasteiger partial charge in [-0.05, 0) is 54.0 Å². The number of benzene rings is 3. The van der Waals surface area contributed by atoms with Crippen LogP contribution in [-0.2, 0) is 11.2 Å². The Hall–Kier alpha value is -3.23. The van der Waals surface area contributed by atoms with Gasteiger partial charge in [-0.25, -0.2) is 0 Å². The lowest BCUT2D eigenvalue weighted by Crippen LogP contribution is -2.48. The van der Waals surface area contributed by atoms with Crippen LogP contribution in [0.1, 0.15) is 16.4 Å². The summed E-state index contributed by atoms with van der Waals surface area (Å²) in [6.07, 6.45) is 0.729. The van der Waals surface area contributed by atoms with Crippen molar-refractivity contribution in [2.75, 3.05) is 20.8 Å². The smallest absolute Gasteiger partial charge is 0.256 e. The summed E-state index contributed by atoms with van der Waals surface area (Å²) in [6, 6.07) is 25.3. The Morgan fingerprint density at radius 3 is 2.24 bits per heavy atom. The Labute approximate surface area is 204 Å². The summed E-state index contributed by atoms with van der Waals surface area (Å²) in [6.45, 7) is 0.595. The molecular formula is C25H27N3O3S2. The van der Waals surface area contributed by atoms with Crippen LogP contribution < -0.4 is 25.6 Å². The van der Waals surface area contributed by atoms with Crippen LogP contribution in [-0.4, -0.2) is 31.8 Å². The highest BCUT2D eigenvalue weighted by Crippen LogP contribution is 2.35. The van der Waals surface area contributed by atoms with Gasteiger partial charge in [-0.1, -0.05) is 54.6 Å². The summed E-state index contributed by atoms with van der Waals surface area (Å²) in [5.74, 6) is 1.19. The minimum Gasteiger partial charge on any atom is -0.493 e. The number of ether oxygens (including phenoxy) is 2. The molecule has 0 bridgehead atoms. The van der Waals surface area contributed by atoms with Gasteiger partial charge in [-0.2, -0.15) is 0 Å². The van der Waals surface area contributed by atoms with Gasteiger partial charge in [-0.3, -0.25) is 15.6 Å². The molecule has 6 nitrogen and oxygen atoms in total. The van der Waals surface area contributed by atoms with Crippen LogP contribution >= 0.6 is 24.0 Å². The van der Waals surface area contributed by atoms with Crippen molar-refractivity contribution < 1.29 is 14.3 Å². The van der Waals surface area contributed by atoms with E-state index in [1.54, 1.807) is 14.2 Å². The summed E-state index contributed by atoms with van der Waals surface area (Å²) >= 11 is 6.81. The fourth-order valence-electron chi connectivity index (χ4n) is 3.12. The standard InChI is InChI=1S/C25H27N3O3S2/c1-30-21-14-13-18(17-22(21)31-2)15-16-26-25(32)28-27-24(29)23(19-9-5-3-6-10-19)33-20-11-7-4-8-12-20/h3-14,17,23H,15-16H2,1-2H3,(H,27,29)(H2,26,28,32)/t23-/m0/s1. The average Bonchev–Trinajstić information content (AvgIpc) is 2.86. The molecule has 1 atom stereocenters. The Morgan fingerprint density at radius 1 is 0.909 bits per heavy atom. The van der Waals surface area contributed by atoms with E-state index in [2.05, 4.69) is 16.2 Å². The van der Waals surface area contributed by atoms with Crippen LogP contribution in [0.15, 0.2) is 83.8 Å². The lowest BCUT2D eigenvalue weighted by Gasteiger charge is -2.18. The first-order valence-electron chi connectivity index (χ1n) is 10.4. The number of methoxy groups -OCH3 is 2. The highest BCUT2D eigenvalue weighted by Gasteiger charge is 2.22. The molecule has 0 aliphatic carbocycles. The number of thioether (sulfide) groups is 1. The van der Waals surface area contributed by atoms with Crippen molar-refractivity contribution in [3.05, 3.63) is 90.0 Å². The van der Waals surface area contributed by atoms with Gasteiger partial charge in [0.25, 0.3) is 5.91 Å². The van der Waals surface area contributed by atoms with E-state index in [0.717, 1.165) is 22.4 Å². The maximum absolute atomic E-state index is 13.0. The zero-order valence-electron chi connectivity index (χ0n) is 18.5. The van der Waals surface area contributed by atoms with E-state index in [4.69, 9.17) is 21.7 Å². The minimum atomic E-state index is -0.421. The summed E-state index contributed by atoms with van der Waals surface area (Å²) in [7, 11) is 3.22. The summed E-state index contributed by atoms with van der Waals surface area (Å²) < 4.78 is 10.6. The molecular weight excluding hydrogens is 454 g/mol. The molecule has 0 aliphatic heterocycles. The van der Waals surface area contributed by atoms with E-state index in [1.807, 2.05) is 78.9 Å². The predicted octanol–water partition coefficient (Wildman–Crippen LogP) is 4.28. The number of hydrazine groups is 1. The second kappa shape index (κ2) is 12.7. The summed E-state index contributed by atoms with van der Waals surface area (Å²) in [5.41, 5.74) is 7.54. The maximum atomic E-state index is 13.0. The molecule has 0 saturated carbocycles. The SMILES string of the molecule is COc1ccc(CCNC(=S)NNC(=O)[C@@H](Sc2ccccc2)c2ccccc2)cc1OC. The van der Waals surface area contributed by atoms with E-state index in [1.165, 1.54) is 11.8 Å². The molecule has 0 aromatic heterocycles. The Kier molecular flexibility index (Phi) is 9.41. The van der Waals surface area contributed by atoms with Crippen LogP contribution in [0.5, 0.6) is 11.5 Å². The molecule has 3 rings (SSSR count). The fourth-order valence-corrected chi connectivity index (χ4v) is 4.32. The Bertz CT molecular complexity index is 1050. The van der Waals surface area contributed by atoms with Crippen LogP contribution in [0.25, 0.3) is 0 Å². The number of carbonyl (C=O) groups excluding carboxylic acids is 1. The molecule has 3 aromatic rings. The van der Waals surface area contributed by atoms with E-state index < -0.39 is 5.25 Å². The van der Waals surface area contributed by atoms with Crippen molar-refractivity contribution >= 4 is 35.0 Å². The molecule has 0 heterocycles. The number of amides is 1. The molecule has 0 aliphatic rings. The lowest BCUT2D eigenvalue weighted by atomic mass is 10.1. The number of thiocarbonyl (C=S) groups is 1. The van der Waals surface area contributed by atoms with Gasteiger partial charge in [0.2, 0.25) is 0 Å². The van der Waals surface area contributed by atoms with E-state index >= 15 is 0 Å². The highest BCUT2D eigenvalue weighted by molar-refractivity contribution is 8.00. The second-order valence-corrected chi connectivity index (χ2v) is 8.62. The maximum Gasteiger partial charge on any atom is 0.256 e. The molecule has 172 valence electrons. The topological polar surface area (TPSA) is 71.6 Å². The van der Waals surface area contributed by atoms with Gasteiger partial charge >= 0.3 is 0 Å². The number of carbonyl (C=O) groups is 1. The Morgan fingerprint density at radius 2 is 1.58 bits per heavy atom. The van der Waals surface area contributed by atoms with Crippen molar-refractivity contribution in [2.45, 2.75) is 16.6 Å². The van der Waals surface area contributed by atoms with Crippen LogP contribution in [0.2, 0.25) is 0 Å². The molecule has 0 saturated heterocycles. The van der Waals surface area contributed by atoms with Gasteiger partial charge < -0.3 is 14.8 Å². The van der Waals surface area contributed by atoms with Gasteiger partial charge in [0, 0.05) is 11.4 Å². The largest absolute Gasteiger partial charge is 0.493 e. The molecule has 0 radical (unpaired) electrons. The van der Waals surface area contributed by atoms with Crippen molar-refractivity contribution in [2.24, 2.45) is 0 Å². The molecule has 1 amide bonds. The van der Waals surface area contributed by atoms with Crippen LogP contribution in [0.4, 0.5) is 0 Å². The monoisotopic (exact) mass is 481 g/mol. The van der Waals surface area contributed by atoms with Crippen LogP contribution in [0, 0.1) is 0 Å². The lowest BCUT2D eigenvalue weighted by molar-refractivity contribution is -0.121. The average molecular weight is 482 g/mol. The third kappa shape index (κ3) is 7.40. The summed E-state index contributed by atoms with van der Waals surface area (Å²) in [5, 5.41) is 3.03. The third-order valence-corrected chi connectivity index (χ3v) is 6.30. The number of rotatable bonds is 9. The normalized spacial score (nSPS) is 11.2. The molecule has 3 N–H and O–H groups in total. The molecule has 3 aromatic carbocycles. The first kappa shape index (κ1) is 24.4. The van der Waals surface area contributed by atoms with Gasteiger partial charge in [-0.15, -0.1) is 11.8 Å². The zero-order valence-corrected chi connectivity index (χ0v) is 20.2. The first-order valence-corrected chi connectivity index (χ1v) is 11.7. The zero-order chi connectivity index (χ0) is 23.5. The number of hydrogen-bond acceptors (Lipinski definition) is 5. The molecule has 0 unspecified atom stereocenters. The van der Waals surface area contributed by atoms with Gasteiger partial charge in [0.05, 0.1) is 14.2 Å². The van der Waals surface area contributed by atoms with E-state index in [-0.39, 0.29) is 5.91 Å². The predicted molar refractivity (Wildman–Crippen MR) is 137 cm³/mol. The quantitative estimate of drug-likeness (QED) is 0.239. The molecule has 8 heteroatoms. The van der Waals surface area contributed by atoms with Crippen molar-refractivity contribution in [1.29, 1.82) is 0 Å². The van der Waals surface area contributed by atoms with Crippen molar-refractivity contribution in [3.8, 4) is 11.5 Å². The van der Waals surface area contributed by atoms with Gasteiger partial charge in [0.15, 0.2) is 16.6 Å². The Balaban J connectivity index is 1.52. The minimum absolute atomic E-state index is 0.181. The highest BCUT2D eigenvalue weighted by atomic mass is 32.2. The third-order valence-electron chi connectivity index (χ3n) is 4.78. The van der Waals surface area contributed by atoms with Gasteiger partial charge in [0.1, 0.15) is 5.25 Å². The van der Waals surface area contributed by atoms with Crippen molar-refractivity contribution in [3.63, 3.8) is 0 Å². The molecule has 0 fully saturated rings. The first-order chi connectivity index (χ1) is 16.1. The number of hydrogen-bond donors (Lipinski definition) is 3. The van der Waals surface area contributed by atoms with Crippen LogP contribution in [0.3, 0.4) is 0 Å². The van der Waals surface area contributed by atoms with E-state index in [0.29, 0.717) is 23.2 Å².